The zero-order valence-corrected chi connectivity index (χ0v) is 27.4. The van der Waals surface area contributed by atoms with Crippen molar-refractivity contribution < 1.29 is 23.5 Å². The number of esters is 1. The van der Waals surface area contributed by atoms with Crippen molar-refractivity contribution in [2.24, 2.45) is 7.05 Å². The van der Waals surface area contributed by atoms with Crippen LogP contribution in [0.3, 0.4) is 0 Å². The minimum absolute atomic E-state index is 0.226. The molecule has 0 unspecified atom stereocenters. The quantitative estimate of drug-likeness (QED) is 0.260. The van der Waals surface area contributed by atoms with Crippen LogP contribution in [-0.2, 0) is 23.1 Å². The van der Waals surface area contributed by atoms with Gasteiger partial charge in [0, 0.05) is 36.6 Å². The van der Waals surface area contributed by atoms with E-state index in [0.29, 0.717) is 40.5 Å². The normalized spacial score (nSPS) is 15.8. The van der Waals surface area contributed by atoms with Gasteiger partial charge in [-0.2, -0.15) is 0 Å². The van der Waals surface area contributed by atoms with Crippen molar-refractivity contribution in [2.75, 3.05) is 18.0 Å². The topological polar surface area (TPSA) is 108 Å². The van der Waals surface area contributed by atoms with Gasteiger partial charge in [0.2, 0.25) is 5.95 Å². The van der Waals surface area contributed by atoms with Crippen molar-refractivity contribution in [3.8, 4) is 0 Å². The van der Waals surface area contributed by atoms with Crippen LogP contribution in [-0.4, -0.2) is 56.5 Å². The SMILES string of the molecule is Cn1c(=O)c2c(nc(N3CCC[C@@H](NC(=O)OC(C)(C)C)C3)n2Cc2ccccc2Cl)c2cc(F)c(C(=O)OC(C)(C)C)cc21. The molecule has 1 aliphatic heterocycles. The highest BCUT2D eigenvalue weighted by atomic mass is 35.5. The largest absolute Gasteiger partial charge is 0.456 e. The highest BCUT2D eigenvalue weighted by Crippen LogP contribution is 2.32. The third kappa shape index (κ3) is 6.93. The summed E-state index contributed by atoms with van der Waals surface area (Å²) in [6.45, 7) is 11.8. The van der Waals surface area contributed by atoms with Gasteiger partial charge in [0.1, 0.15) is 28.1 Å². The smallest absolute Gasteiger partial charge is 0.407 e. The molecule has 5 rings (SSSR count). The summed E-state index contributed by atoms with van der Waals surface area (Å²) in [6.07, 6.45) is 0.988. The van der Waals surface area contributed by atoms with Crippen LogP contribution in [0.25, 0.3) is 21.9 Å². The number of anilines is 1. The van der Waals surface area contributed by atoms with E-state index in [-0.39, 0.29) is 29.2 Å². The van der Waals surface area contributed by atoms with Crippen LogP contribution in [0, 0.1) is 5.82 Å². The fraction of sp³-hybridized carbons (Fsp3) is 0.455. The Hall–Kier alpha value is -4.12. The van der Waals surface area contributed by atoms with Gasteiger partial charge >= 0.3 is 12.1 Å². The molecule has 2 aromatic carbocycles. The molecule has 45 heavy (non-hydrogen) atoms. The maximum Gasteiger partial charge on any atom is 0.407 e. The number of hydrogen-bond donors (Lipinski definition) is 1. The van der Waals surface area contributed by atoms with Gasteiger partial charge in [-0.25, -0.2) is 19.0 Å². The van der Waals surface area contributed by atoms with Crippen LogP contribution >= 0.6 is 11.6 Å². The molecule has 1 atom stereocenters. The van der Waals surface area contributed by atoms with Gasteiger partial charge in [-0.05, 0) is 78.1 Å². The summed E-state index contributed by atoms with van der Waals surface area (Å²) in [4.78, 5) is 46.4. The molecule has 1 fully saturated rings. The number of halogens is 2. The second-order valence-electron chi connectivity index (χ2n) is 13.4. The lowest BCUT2D eigenvalue weighted by Gasteiger charge is -2.34. The van der Waals surface area contributed by atoms with Crippen molar-refractivity contribution in [2.45, 2.75) is 78.2 Å². The van der Waals surface area contributed by atoms with Crippen LogP contribution in [0.4, 0.5) is 15.1 Å². The Morgan fingerprint density at radius 1 is 1.09 bits per heavy atom. The van der Waals surface area contributed by atoms with E-state index < -0.39 is 29.1 Å². The number of hydrogen-bond acceptors (Lipinski definition) is 7. The van der Waals surface area contributed by atoms with Gasteiger partial charge in [0.25, 0.3) is 5.56 Å². The third-order valence-corrected chi connectivity index (χ3v) is 7.86. The maximum atomic E-state index is 15.6. The zero-order valence-electron chi connectivity index (χ0n) is 26.7. The summed E-state index contributed by atoms with van der Waals surface area (Å²) in [5, 5.41) is 3.86. The fourth-order valence-corrected chi connectivity index (χ4v) is 5.77. The second-order valence-corrected chi connectivity index (χ2v) is 13.8. The summed E-state index contributed by atoms with van der Waals surface area (Å²) in [5.41, 5.74) is -0.425. The molecule has 0 saturated carbocycles. The Morgan fingerprint density at radius 2 is 1.78 bits per heavy atom. The number of carbonyl (C=O) groups excluding carboxylic acids is 2. The van der Waals surface area contributed by atoms with E-state index in [1.54, 1.807) is 59.2 Å². The van der Waals surface area contributed by atoms with Crippen molar-refractivity contribution >= 4 is 51.5 Å². The lowest BCUT2D eigenvalue weighted by Crippen LogP contribution is -2.49. The first-order chi connectivity index (χ1) is 21.0. The summed E-state index contributed by atoms with van der Waals surface area (Å²) >= 11 is 6.56. The van der Waals surface area contributed by atoms with Gasteiger partial charge < -0.3 is 28.8 Å². The Labute approximate surface area is 266 Å². The molecule has 4 aromatic rings. The van der Waals surface area contributed by atoms with E-state index >= 15 is 4.39 Å². The number of nitrogens with one attached hydrogen (secondary N) is 1. The van der Waals surface area contributed by atoms with Crippen molar-refractivity contribution in [3.63, 3.8) is 0 Å². The zero-order chi connectivity index (χ0) is 32.8. The monoisotopic (exact) mass is 639 g/mol. The number of aryl methyl sites for hydroxylation is 1. The number of piperidine rings is 1. The fourth-order valence-electron chi connectivity index (χ4n) is 5.57. The number of ether oxygens (including phenoxy) is 2. The van der Waals surface area contributed by atoms with Crippen LogP contribution in [0.15, 0.2) is 41.2 Å². The summed E-state index contributed by atoms with van der Waals surface area (Å²) in [5.74, 6) is -1.11. The Morgan fingerprint density at radius 3 is 2.44 bits per heavy atom. The van der Waals surface area contributed by atoms with E-state index in [0.717, 1.165) is 18.4 Å². The van der Waals surface area contributed by atoms with E-state index in [9.17, 15) is 14.4 Å². The summed E-state index contributed by atoms with van der Waals surface area (Å²) in [7, 11) is 1.58. The highest BCUT2D eigenvalue weighted by molar-refractivity contribution is 6.31. The number of benzene rings is 2. The molecule has 1 aliphatic rings. The summed E-state index contributed by atoms with van der Waals surface area (Å²) in [6, 6.07) is 9.69. The van der Waals surface area contributed by atoms with Crippen molar-refractivity contribution in [1.29, 1.82) is 0 Å². The first-order valence-corrected chi connectivity index (χ1v) is 15.3. The molecule has 1 amide bonds. The molecule has 10 nitrogen and oxygen atoms in total. The molecule has 3 heterocycles. The van der Waals surface area contributed by atoms with Gasteiger partial charge in [-0.15, -0.1) is 0 Å². The second kappa shape index (κ2) is 12.0. The highest BCUT2D eigenvalue weighted by Gasteiger charge is 2.30. The van der Waals surface area contributed by atoms with E-state index in [4.69, 9.17) is 26.1 Å². The number of imidazole rings is 1. The first-order valence-electron chi connectivity index (χ1n) is 15.0. The number of pyridine rings is 1. The minimum atomic E-state index is -0.828. The average Bonchev–Trinajstić information content (AvgIpc) is 3.30. The van der Waals surface area contributed by atoms with Crippen molar-refractivity contribution in [1.82, 2.24) is 19.4 Å². The number of nitrogens with zero attached hydrogens (tertiary/aromatic N) is 4. The number of rotatable bonds is 5. The van der Waals surface area contributed by atoms with Crippen LogP contribution in [0.5, 0.6) is 0 Å². The Kier molecular flexibility index (Phi) is 8.61. The molecule has 0 radical (unpaired) electrons. The lowest BCUT2D eigenvalue weighted by atomic mass is 10.1. The number of fused-ring (bicyclic) bond motifs is 3. The molecule has 1 N–H and O–H groups in total. The maximum absolute atomic E-state index is 15.6. The first kappa shape index (κ1) is 32.3. The number of aromatic nitrogens is 3. The lowest BCUT2D eigenvalue weighted by molar-refractivity contribution is 0.00645. The Balaban J connectivity index is 1.65. The molecular weight excluding hydrogens is 601 g/mol. The molecule has 0 aliphatic carbocycles. The Bertz CT molecular complexity index is 1850. The molecule has 0 bridgehead atoms. The molecule has 2 aromatic heterocycles. The minimum Gasteiger partial charge on any atom is -0.456 e. The van der Waals surface area contributed by atoms with Crippen LogP contribution in [0.1, 0.15) is 70.3 Å². The molecule has 12 heteroatoms. The van der Waals surface area contributed by atoms with Gasteiger partial charge in [0.05, 0.1) is 17.6 Å². The molecular formula is C33H39ClFN5O5. The van der Waals surface area contributed by atoms with Gasteiger partial charge in [-0.1, -0.05) is 29.8 Å². The van der Waals surface area contributed by atoms with Gasteiger partial charge in [0.15, 0.2) is 0 Å². The third-order valence-electron chi connectivity index (χ3n) is 7.49. The van der Waals surface area contributed by atoms with Gasteiger partial charge in [-0.3, -0.25) is 4.79 Å². The van der Waals surface area contributed by atoms with E-state index in [1.807, 2.05) is 23.1 Å². The molecule has 0 spiro atoms. The standard InChI is InChI=1S/C33H39ClFN5O5/c1-32(2,3)44-29(42)21-16-25-22(15-24(21)35)26-27(28(41)38(25)7)40(17-19-11-8-9-13-23(19)34)30(37-26)39-14-10-12-20(18-39)36-31(43)45-33(4,5)6/h8-9,11,13,15-16,20H,10,12,14,17-18H2,1-7H3,(H,36,43)/t20-/m1/s1. The predicted molar refractivity (Wildman–Crippen MR) is 173 cm³/mol. The molecule has 1 saturated heterocycles. The predicted octanol–water partition coefficient (Wildman–Crippen LogP) is 6.18. The van der Waals surface area contributed by atoms with Crippen LogP contribution < -0.4 is 15.8 Å². The number of alkyl carbamates (subject to hydrolysis) is 1. The number of amides is 1. The van der Waals surface area contributed by atoms with Crippen LogP contribution in [0.2, 0.25) is 5.02 Å². The number of carbonyl (C=O) groups is 2. The summed E-state index contributed by atoms with van der Waals surface area (Å²) < 4.78 is 29.6. The molecule has 240 valence electrons. The van der Waals surface area contributed by atoms with Crippen molar-refractivity contribution in [3.05, 3.63) is 68.7 Å². The van der Waals surface area contributed by atoms with E-state index in [1.165, 1.54) is 16.7 Å². The van der Waals surface area contributed by atoms with E-state index in [2.05, 4.69) is 5.32 Å². The average molecular weight is 640 g/mol.